The van der Waals surface area contributed by atoms with Crippen LogP contribution in [0.4, 0.5) is 11.4 Å². The van der Waals surface area contributed by atoms with Gasteiger partial charge in [-0.1, -0.05) is 48.6 Å². The van der Waals surface area contributed by atoms with Crippen molar-refractivity contribution in [2.75, 3.05) is 4.90 Å². The van der Waals surface area contributed by atoms with Crippen LogP contribution in [-0.4, -0.2) is 11.0 Å². The van der Waals surface area contributed by atoms with Crippen molar-refractivity contribution in [2.24, 2.45) is 0 Å². The molecule has 0 amide bonds. The van der Waals surface area contributed by atoms with Gasteiger partial charge in [-0.05, 0) is 36.6 Å². The summed E-state index contributed by atoms with van der Waals surface area (Å²) in [5.41, 5.74) is 6.56. The molecule has 1 unspecified atom stereocenters. The summed E-state index contributed by atoms with van der Waals surface area (Å²) in [7, 11) is 0. The molecule has 2 aromatic carbocycles. The molecule has 2 atom stereocenters. The maximum atomic E-state index is 9.27. The van der Waals surface area contributed by atoms with Gasteiger partial charge in [0.05, 0.1) is 5.56 Å². The van der Waals surface area contributed by atoms with Gasteiger partial charge < -0.3 is 4.90 Å². The molecule has 3 heteroatoms. The maximum Gasteiger partial charge on any atom is 0.101 e. The molecule has 27 heavy (non-hydrogen) atoms. The lowest BCUT2D eigenvalue weighted by Crippen LogP contribution is -2.31. The summed E-state index contributed by atoms with van der Waals surface area (Å²) in [6, 6.07) is 21.7. The van der Waals surface area contributed by atoms with Crippen LogP contribution in [0.5, 0.6) is 0 Å². The lowest BCUT2D eigenvalue weighted by atomic mass is 9.87. The topological polar surface area (TPSA) is 39.9 Å². The van der Waals surface area contributed by atoms with E-state index in [-0.39, 0.29) is 0 Å². The van der Waals surface area contributed by atoms with Crippen molar-refractivity contribution in [3.63, 3.8) is 0 Å². The van der Waals surface area contributed by atoms with Crippen LogP contribution in [0.25, 0.3) is 11.1 Å². The van der Waals surface area contributed by atoms with E-state index in [2.05, 4.69) is 76.6 Å². The van der Waals surface area contributed by atoms with Crippen LogP contribution in [0.1, 0.15) is 29.9 Å². The van der Waals surface area contributed by atoms with Gasteiger partial charge in [-0.2, -0.15) is 5.26 Å². The smallest absolute Gasteiger partial charge is 0.101 e. The monoisotopic (exact) mass is 349 g/mol. The van der Waals surface area contributed by atoms with E-state index in [1.807, 2.05) is 12.3 Å². The molecule has 0 saturated carbocycles. The van der Waals surface area contributed by atoms with E-state index < -0.39 is 0 Å². The Kier molecular flexibility index (Phi) is 3.76. The third kappa shape index (κ3) is 2.53. The Labute approximate surface area is 159 Å². The number of pyridine rings is 1. The Balaban J connectivity index is 1.70. The summed E-state index contributed by atoms with van der Waals surface area (Å²) in [4.78, 5) is 6.77. The van der Waals surface area contributed by atoms with Gasteiger partial charge in [-0.25, -0.2) is 0 Å². The van der Waals surface area contributed by atoms with Crippen LogP contribution in [0.2, 0.25) is 0 Å². The van der Waals surface area contributed by atoms with E-state index in [0.29, 0.717) is 17.5 Å². The van der Waals surface area contributed by atoms with Crippen molar-refractivity contribution in [1.29, 1.82) is 5.26 Å². The molecule has 1 aliphatic heterocycles. The molecule has 3 aromatic rings. The number of hydrogen-bond acceptors (Lipinski definition) is 3. The fourth-order valence-electron chi connectivity index (χ4n) is 4.47. The molecule has 2 aliphatic rings. The Morgan fingerprint density at radius 3 is 2.70 bits per heavy atom. The molecular formula is C24H19N3. The molecular weight excluding hydrogens is 330 g/mol. The first kappa shape index (κ1) is 15.8. The maximum absolute atomic E-state index is 9.27. The molecule has 0 radical (unpaired) electrons. The molecule has 3 nitrogen and oxygen atoms in total. The van der Waals surface area contributed by atoms with Crippen LogP contribution in [0.3, 0.4) is 0 Å². The largest absolute Gasteiger partial charge is 0.337 e. The van der Waals surface area contributed by atoms with Crippen LogP contribution < -0.4 is 4.90 Å². The molecule has 0 bridgehead atoms. The van der Waals surface area contributed by atoms with E-state index in [4.69, 9.17) is 0 Å². The van der Waals surface area contributed by atoms with Crippen molar-refractivity contribution in [3.05, 3.63) is 90.3 Å². The van der Waals surface area contributed by atoms with Gasteiger partial charge in [-0.15, -0.1) is 0 Å². The number of nitrogens with zero attached hydrogens (tertiary/aromatic N) is 3. The Hall–Kier alpha value is -3.38. The summed E-state index contributed by atoms with van der Waals surface area (Å²) >= 11 is 0. The first-order valence-corrected chi connectivity index (χ1v) is 9.36. The third-order valence-corrected chi connectivity index (χ3v) is 5.62. The highest BCUT2D eigenvalue weighted by Gasteiger charge is 2.39. The van der Waals surface area contributed by atoms with Gasteiger partial charge in [0.1, 0.15) is 6.07 Å². The molecule has 0 spiro atoms. The summed E-state index contributed by atoms with van der Waals surface area (Å²) in [5.74, 6) is 0.437. The second kappa shape index (κ2) is 6.41. The van der Waals surface area contributed by atoms with Crippen LogP contribution in [0.15, 0.2) is 79.1 Å². The van der Waals surface area contributed by atoms with Gasteiger partial charge >= 0.3 is 0 Å². The number of anilines is 2. The zero-order chi connectivity index (χ0) is 18.2. The van der Waals surface area contributed by atoms with Gasteiger partial charge in [0.25, 0.3) is 0 Å². The van der Waals surface area contributed by atoms with Crippen LogP contribution in [-0.2, 0) is 0 Å². The number of allylic oxidation sites excluding steroid dienone is 1. The van der Waals surface area contributed by atoms with E-state index in [0.717, 1.165) is 24.0 Å². The number of fused-ring (bicyclic) bond motifs is 3. The predicted molar refractivity (Wildman–Crippen MR) is 108 cm³/mol. The minimum atomic E-state index is 0.431. The molecule has 0 saturated heterocycles. The molecule has 0 fully saturated rings. The zero-order valence-corrected chi connectivity index (χ0v) is 14.9. The molecule has 5 rings (SSSR count). The van der Waals surface area contributed by atoms with E-state index in [1.54, 1.807) is 6.20 Å². The van der Waals surface area contributed by atoms with Crippen molar-refractivity contribution in [2.45, 2.75) is 24.8 Å². The minimum Gasteiger partial charge on any atom is -0.337 e. The summed E-state index contributed by atoms with van der Waals surface area (Å²) in [6.07, 6.45) is 10.4. The number of benzene rings is 2. The van der Waals surface area contributed by atoms with Crippen LogP contribution >= 0.6 is 0 Å². The summed E-state index contributed by atoms with van der Waals surface area (Å²) < 4.78 is 0. The van der Waals surface area contributed by atoms with E-state index >= 15 is 0 Å². The lowest BCUT2D eigenvalue weighted by molar-refractivity contribution is 0.565. The normalized spacial score (nSPS) is 20.0. The summed E-state index contributed by atoms with van der Waals surface area (Å²) in [5, 5.41) is 9.27. The summed E-state index contributed by atoms with van der Waals surface area (Å²) in [6.45, 7) is 0. The number of aromatic nitrogens is 1. The quantitative estimate of drug-likeness (QED) is 0.568. The van der Waals surface area contributed by atoms with Gasteiger partial charge in [0, 0.05) is 46.9 Å². The highest BCUT2D eigenvalue weighted by molar-refractivity contribution is 5.85. The predicted octanol–water partition coefficient (Wildman–Crippen LogP) is 5.57. The Bertz CT molecular complexity index is 1080. The lowest BCUT2D eigenvalue weighted by Gasteiger charge is -2.33. The average Bonchev–Trinajstić information content (AvgIpc) is 3.08. The number of rotatable bonds is 2. The molecule has 2 heterocycles. The fraction of sp³-hybridized carbons (Fsp3) is 0.167. The SMILES string of the molecule is N#Cc1cncc(-c2ccccc2N2c3ccccc3C3C=CCC[C@@H]32)c1. The first-order chi connectivity index (χ1) is 13.4. The second-order valence-corrected chi connectivity index (χ2v) is 7.12. The molecule has 130 valence electrons. The third-order valence-electron chi connectivity index (χ3n) is 5.62. The van der Waals surface area contributed by atoms with Crippen LogP contribution in [0, 0.1) is 11.3 Å². The van der Waals surface area contributed by atoms with Gasteiger partial charge in [0.2, 0.25) is 0 Å². The number of para-hydroxylation sites is 2. The Morgan fingerprint density at radius 1 is 1.00 bits per heavy atom. The molecule has 1 aromatic heterocycles. The standard InChI is InChI=1S/C24H19N3/c25-14-17-13-18(16-26-15-17)19-7-1-4-10-22(19)27-23-11-5-2-8-20(23)21-9-3-6-12-24(21)27/h1-5,7-11,13,15-16,21,24H,6,12H2/t21?,24-/m0/s1. The van der Waals surface area contributed by atoms with Crippen molar-refractivity contribution >= 4 is 11.4 Å². The van der Waals surface area contributed by atoms with Crippen molar-refractivity contribution in [1.82, 2.24) is 4.98 Å². The zero-order valence-electron chi connectivity index (χ0n) is 14.9. The van der Waals surface area contributed by atoms with E-state index in [1.165, 1.54) is 16.9 Å². The van der Waals surface area contributed by atoms with Crippen molar-refractivity contribution in [3.8, 4) is 17.2 Å². The number of hydrogen-bond donors (Lipinski definition) is 0. The average molecular weight is 349 g/mol. The molecule has 0 N–H and O–H groups in total. The fourth-order valence-corrected chi connectivity index (χ4v) is 4.47. The second-order valence-electron chi connectivity index (χ2n) is 7.12. The Morgan fingerprint density at radius 2 is 1.81 bits per heavy atom. The number of nitriles is 1. The van der Waals surface area contributed by atoms with Crippen molar-refractivity contribution < 1.29 is 0 Å². The highest BCUT2D eigenvalue weighted by atomic mass is 15.2. The van der Waals surface area contributed by atoms with Gasteiger partial charge in [-0.3, -0.25) is 4.98 Å². The first-order valence-electron chi connectivity index (χ1n) is 9.36. The highest BCUT2D eigenvalue weighted by Crippen LogP contribution is 2.50. The minimum absolute atomic E-state index is 0.431. The van der Waals surface area contributed by atoms with E-state index in [9.17, 15) is 5.26 Å². The van der Waals surface area contributed by atoms with Gasteiger partial charge in [0.15, 0.2) is 0 Å². The molecule has 1 aliphatic carbocycles.